The molecule has 0 aromatic rings. The van der Waals surface area contributed by atoms with Gasteiger partial charge in [0.2, 0.25) is 0 Å². The average molecular weight is 321 g/mol. The van der Waals surface area contributed by atoms with Gasteiger partial charge in [0.25, 0.3) is 0 Å². The Hall–Kier alpha value is 0.195. The third-order valence-corrected chi connectivity index (χ3v) is 5.92. The molecule has 0 radical (unpaired) electrons. The average Bonchev–Trinajstić information content (AvgIpc) is 2.32. The second-order valence-electron chi connectivity index (χ2n) is 7.85. The number of rotatable bonds is 3. The van der Waals surface area contributed by atoms with Crippen LogP contribution in [-0.4, -0.2) is 43.9 Å². The van der Waals surface area contributed by atoms with Gasteiger partial charge >= 0.3 is 7.12 Å². The van der Waals surface area contributed by atoms with Crippen molar-refractivity contribution in [3.63, 3.8) is 0 Å². The van der Waals surface area contributed by atoms with Gasteiger partial charge in [0, 0.05) is 0 Å². The molecule has 0 aliphatic heterocycles. The van der Waals surface area contributed by atoms with Gasteiger partial charge < -0.3 is 20.3 Å². The van der Waals surface area contributed by atoms with E-state index in [1.165, 1.54) is 0 Å². The second kappa shape index (κ2) is 6.36. The quantitative estimate of drug-likeness (QED) is 0.473. The van der Waals surface area contributed by atoms with E-state index >= 15 is 0 Å². The number of alkyl halides is 1. The molecule has 3 aliphatic carbocycles. The fourth-order valence-electron chi connectivity index (χ4n) is 3.69. The van der Waals surface area contributed by atoms with Crippen LogP contribution in [0.3, 0.4) is 0 Å². The molecule has 3 aliphatic rings. The van der Waals surface area contributed by atoms with Crippen LogP contribution < -0.4 is 0 Å². The first-order valence-corrected chi connectivity index (χ1v) is 8.24. The molecule has 2 bridgehead atoms. The molecule has 0 spiro atoms. The van der Waals surface area contributed by atoms with Crippen molar-refractivity contribution < 1.29 is 20.3 Å². The van der Waals surface area contributed by atoms with Gasteiger partial charge in [-0.25, -0.2) is 0 Å². The van der Waals surface area contributed by atoms with Gasteiger partial charge in [-0.2, -0.15) is 0 Å². The van der Waals surface area contributed by atoms with Crippen molar-refractivity contribution >= 4 is 18.7 Å². The SMILES string of the molecule is CC(C)CC(Cl)B(O)O.CC1(C)C2CC[C@](C)(O)[C@]1(O)C2. The summed E-state index contributed by atoms with van der Waals surface area (Å²) in [7, 11) is -1.38. The van der Waals surface area contributed by atoms with E-state index in [0.29, 0.717) is 18.3 Å². The summed E-state index contributed by atoms with van der Waals surface area (Å²) in [6.07, 6.45) is 3.23. The van der Waals surface area contributed by atoms with Crippen LogP contribution in [0.5, 0.6) is 0 Å². The first-order valence-electron chi connectivity index (χ1n) is 7.80. The molecule has 4 N–H and O–H groups in total. The van der Waals surface area contributed by atoms with Crippen LogP contribution in [0.2, 0.25) is 0 Å². The molecule has 3 rings (SSSR count). The molecule has 0 heterocycles. The van der Waals surface area contributed by atoms with Crippen molar-refractivity contribution in [1.82, 2.24) is 0 Å². The maximum absolute atomic E-state index is 10.2. The van der Waals surface area contributed by atoms with Gasteiger partial charge in [-0.1, -0.05) is 27.7 Å². The van der Waals surface area contributed by atoms with Crippen molar-refractivity contribution in [3.05, 3.63) is 0 Å². The largest absolute Gasteiger partial charge is 0.470 e. The molecule has 21 heavy (non-hydrogen) atoms. The lowest BCUT2D eigenvalue weighted by molar-refractivity contribution is -0.312. The minimum absolute atomic E-state index is 0.0885. The summed E-state index contributed by atoms with van der Waals surface area (Å²) in [5, 5.41) is 36.7. The lowest BCUT2D eigenvalue weighted by Gasteiger charge is -2.68. The summed E-state index contributed by atoms with van der Waals surface area (Å²) in [5.41, 5.74) is -1.79. The number of hydrogen-bond donors (Lipinski definition) is 4. The predicted molar refractivity (Wildman–Crippen MR) is 86.0 cm³/mol. The topological polar surface area (TPSA) is 80.9 Å². The Morgan fingerprint density at radius 2 is 1.71 bits per heavy atom. The van der Waals surface area contributed by atoms with Crippen molar-refractivity contribution in [3.8, 4) is 0 Å². The van der Waals surface area contributed by atoms with E-state index in [1.807, 2.05) is 13.8 Å². The van der Waals surface area contributed by atoms with E-state index in [4.69, 9.17) is 21.6 Å². The number of fused-ring (bicyclic) bond motifs is 2. The van der Waals surface area contributed by atoms with E-state index in [-0.39, 0.29) is 5.41 Å². The minimum atomic E-state index is -1.38. The number of halogens is 1. The minimum Gasteiger partial charge on any atom is -0.426 e. The summed E-state index contributed by atoms with van der Waals surface area (Å²) in [5.74, 6) is 1.03. The summed E-state index contributed by atoms with van der Waals surface area (Å²) in [6, 6.07) is 0. The second-order valence-corrected chi connectivity index (χ2v) is 8.42. The van der Waals surface area contributed by atoms with E-state index in [0.717, 1.165) is 19.3 Å². The number of aliphatic hydroxyl groups is 2. The zero-order valence-corrected chi connectivity index (χ0v) is 14.6. The van der Waals surface area contributed by atoms with Crippen molar-refractivity contribution in [2.24, 2.45) is 17.3 Å². The highest BCUT2D eigenvalue weighted by Gasteiger charge is 2.69. The Balaban J connectivity index is 0.000000222. The molecule has 0 saturated heterocycles. The van der Waals surface area contributed by atoms with Gasteiger partial charge in [-0.05, 0) is 49.9 Å². The molecule has 4 nitrogen and oxygen atoms in total. The third kappa shape index (κ3) is 3.58. The molecule has 4 atom stereocenters. The zero-order valence-electron chi connectivity index (χ0n) is 13.8. The monoisotopic (exact) mass is 320 g/mol. The van der Waals surface area contributed by atoms with Crippen LogP contribution in [-0.2, 0) is 0 Å². The lowest BCUT2D eigenvalue weighted by Crippen LogP contribution is -2.74. The summed E-state index contributed by atoms with van der Waals surface area (Å²) >= 11 is 5.51. The summed E-state index contributed by atoms with van der Waals surface area (Å²) in [6.45, 7) is 9.86. The molecular formula is C15H30BClO4. The molecule has 2 unspecified atom stereocenters. The van der Waals surface area contributed by atoms with Crippen LogP contribution in [0.1, 0.15) is 60.3 Å². The van der Waals surface area contributed by atoms with Crippen molar-refractivity contribution in [2.75, 3.05) is 0 Å². The predicted octanol–water partition coefficient (Wildman–Crippen LogP) is 1.96. The molecule has 3 fully saturated rings. The normalized spacial score (nSPS) is 38.1. The molecule has 0 amide bonds. The maximum Gasteiger partial charge on any atom is 0.470 e. The lowest BCUT2D eigenvalue weighted by atomic mass is 9.41. The Bertz CT molecular complexity index is 350. The van der Waals surface area contributed by atoms with Crippen molar-refractivity contribution in [2.45, 2.75) is 76.8 Å². The van der Waals surface area contributed by atoms with Crippen LogP contribution in [0.25, 0.3) is 0 Å². The summed E-state index contributed by atoms with van der Waals surface area (Å²) < 4.78 is 0. The third-order valence-electron chi connectivity index (χ3n) is 5.52. The Kier molecular flexibility index (Phi) is 5.83. The van der Waals surface area contributed by atoms with Gasteiger partial charge in [0.15, 0.2) is 0 Å². The smallest absolute Gasteiger partial charge is 0.426 e. The fourth-order valence-corrected chi connectivity index (χ4v) is 4.05. The highest BCUT2D eigenvalue weighted by Crippen LogP contribution is 2.65. The van der Waals surface area contributed by atoms with Gasteiger partial charge in [0.05, 0.1) is 16.5 Å². The highest BCUT2D eigenvalue weighted by atomic mass is 35.5. The molecule has 3 saturated carbocycles. The first kappa shape index (κ1) is 19.2. The van der Waals surface area contributed by atoms with Gasteiger partial charge in [-0.3, -0.25) is 0 Å². The Labute approximate surface area is 133 Å². The van der Waals surface area contributed by atoms with E-state index < -0.39 is 23.6 Å². The van der Waals surface area contributed by atoms with Crippen LogP contribution in [0.15, 0.2) is 0 Å². The van der Waals surface area contributed by atoms with E-state index in [1.54, 1.807) is 6.92 Å². The maximum atomic E-state index is 10.2. The van der Waals surface area contributed by atoms with Crippen LogP contribution >= 0.6 is 11.6 Å². The molecule has 0 aromatic heterocycles. The Morgan fingerprint density at radius 3 is 1.95 bits per heavy atom. The molecule has 0 aromatic carbocycles. The zero-order chi connectivity index (χ0) is 16.6. The van der Waals surface area contributed by atoms with Gasteiger partial charge in [-0.15, -0.1) is 11.6 Å². The Morgan fingerprint density at radius 1 is 1.19 bits per heavy atom. The highest BCUT2D eigenvalue weighted by molar-refractivity contribution is 6.57. The van der Waals surface area contributed by atoms with Gasteiger partial charge in [0.1, 0.15) is 0 Å². The summed E-state index contributed by atoms with van der Waals surface area (Å²) in [4.78, 5) is 0. The molecule has 124 valence electrons. The fraction of sp³-hybridized carbons (Fsp3) is 1.00. The van der Waals surface area contributed by atoms with E-state index in [2.05, 4.69) is 13.8 Å². The molecular weight excluding hydrogens is 290 g/mol. The van der Waals surface area contributed by atoms with Crippen LogP contribution in [0.4, 0.5) is 0 Å². The molecule has 6 heteroatoms. The number of hydrogen-bond acceptors (Lipinski definition) is 4. The van der Waals surface area contributed by atoms with Crippen molar-refractivity contribution in [1.29, 1.82) is 0 Å². The van der Waals surface area contributed by atoms with Crippen LogP contribution in [0, 0.1) is 17.3 Å². The first-order chi connectivity index (χ1) is 9.35. The standard InChI is InChI=1S/C10H18O2.C5H12BClO2/c1-8(2)7-4-5-9(3,11)10(8,12)6-7;1-4(2)3-5(7)6(8)9/h7,11-12H,4-6H2,1-3H3;4-5,8-9H,3H2,1-2H3/t7?,9-,10-;/m0./s1. The van der Waals surface area contributed by atoms with E-state index in [9.17, 15) is 10.2 Å².